The Bertz CT molecular complexity index is 1560. The van der Waals surface area contributed by atoms with Gasteiger partial charge in [0.25, 0.3) is 7.82 Å². The number of allylic oxidation sites excluding steroid dienone is 7. The zero-order valence-corrected chi connectivity index (χ0v) is 56.8. The molecule has 10 heteroatoms. The van der Waals surface area contributed by atoms with Crippen LogP contribution in [0.1, 0.15) is 355 Å². The fourth-order valence-electron chi connectivity index (χ4n) is 10.7. The number of phosphoric acid groups is 1. The van der Waals surface area contributed by atoms with Gasteiger partial charge in [0.05, 0.1) is 33.8 Å². The van der Waals surface area contributed by atoms with Gasteiger partial charge in [0, 0.05) is 12.8 Å². The Hall–Kier alpha value is -2.03. The van der Waals surface area contributed by atoms with Gasteiger partial charge in [-0.25, -0.2) is 0 Å². The van der Waals surface area contributed by atoms with Crippen molar-refractivity contribution in [2.45, 2.75) is 367 Å². The molecular weight excluding hydrogens is 1050 g/mol. The van der Waals surface area contributed by atoms with E-state index in [1.807, 2.05) is 33.3 Å². The second-order valence-electron chi connectivity index (χ2n) is 25.7. The van der Waals surface area contributed by atoms with E-state index in [0.29, 0.717) is 17.4 Å². The number of nitrogens with one attached hydrogen (secondary N) is 1. The summed E-state index contributed by atoms with van der Waals surface area (Å²) in [5, 5.41) is 3.05. The van der Waals surface area contributed by atoms with Gasteiger partial charge in [0.2, 0.25) is 5.91 Å². The molecule has 0 saturated heterocycles. The second kappa shape index (κ2) is 63.0. The van der Waals surface area contributed by atoms with Crippen LogP contribution in [0.2, 0.25) is 0 Å². The summed E-state index contributed by atoms with van der Waals surface area (Å²) in [5.74, 6) is -0.527. The van der Waals surface area contributed by atoms with Crippen molar-refractivity contribution in [2.24, 2.45) is 0 Å². The number of unbranched alkanes of at least 4 members (excludes halogenated alkanes) is 44. The summed E-state index contributed by atoms with van der Waals surface area (Å²) in [5.41, 5.74) is 0. The molecule has 0 aromatic heterocycles. The number of ether oxygens (including phenoxy) is 1. The SMILES string of the molecule is CCCCC/C=C\C/C=C\C/C=C\CCCCCCCCCCCCC(=O)OC(/C=C/CCCCCCCCCCCCC)C(COP(=O)([O-])OCC[N+](C)(C)C)NC(=O)CCCCCCCCCCCCCCCCCCCCCCC. The van der Waals surface area contributed by atoms with E-state index in [4.69, 9.17) is 13.8 Å². The van der Waals surface area contributed by atoms with Crippen LogP contribution in [-0.2, 0) is 27.9 Å². The van der Waals surface area contributed by atoms with Crippen LogP contribution in [0.25, 0.3) is 0 Å². The van der Waals surface area contributed by atoms with E-state index in [2.05, 4.69) is 62.5 Å². The van der Waals surface area contributed by atoms with E-state index in [1.165, 1.54) is 250 Å². The van der Waals surface area contributed by atoms with Crippen LogP contribution in [-0.4, -0.2) is 69.4 Å². The smallest absolute Gasteiger partial charge is 0.306 e. The molecule has 0 bridgehead atoms. The Morgan fingerprint density at radius 1 is 0.422 bits per heavy atom. The molecule has 3 atom stereocenters. The Morgan fingerprint density at radius 2 is 0.735 bits per heavy atom. The minimum atomic E-state index is -4.70. The maximum absolute atomic E-state index is 13.6. The average molecular weight is 1190 g/mol. The molecule has 488 valence electrons. The van der Waals surface area contributed by atoms with Crippen molar-refractivity contribution in [1.29, 1.82) is 0 Å². The van der Waals surface area contributed by atoms with E-state index in [0.717, 1.165) is 70.6 Å². The van der Waals surface area contributed by atoms with Gasteiger partial charge in [-0.15, -0.1) is 0 Å². The van der Waals surface area contributed by atoms with Crippen LogP contribution >= 0.6 is 7.82 Å². The van der Waals surface area contributed by atoms with Crippen molar-refractivity contribution in [3.05, 3.63) is 48.6 Å². The Balaban J connectivity index is 5.10. The summed E-state index contributed by atoms with van der Waals surface area (Å²) in [6, 6.07) is -0.888. The van der Waals surface area contributed by atoms with Crippen LogP contribution in [0.5, 0.6) is 0 Å². The number of carbonyl (C=O) groups excluding carboxylic acids is 2. The highest BCUT2D eigenvalue weighted by molar-refractivity contribution is 7.45. The predicted molar refractivity (Wildman–Crippen MR) is 358 cm³/mol. The number of phosphoric ester groups is 1. The molecule has 0 radical (unpaired) electrons. The zero-order valence-electron chi connectivity index (χ0n) is 55.9. The quantitative estimate of drug-likeness (QED) is 0.0212. The van der Waals surface area contributed by atoms with E-state index in [-0.39, 0.29) is 31.5 Å². The molecule has 0 fully saturated rings. The third-order valence-electron chi connectivity index (χ3n) is 16.3. The summed E-state index contributed by atoms with van der Waals surface area (Å²) < 4.78 is 30.5. The summed E-state index contributed by atoms with van der Waals surface area (Å²) in [6.07, 6.45) is 79.4. The number of rotatable bonds is 66. The maximum atomic E-state index is 13.6. The van der Waals surface area contributed by atoms with Gasteiger partial charge in [0.15, 0.2) is 0 Å². The van der Waals surface area contributed by atoms with Crippen molar-refractivity contribution < 1.29 is 37.3 Å². The molecule has 0 spiro atoms. The standard InChI is InChI=1S/C73H139N2O7P/c1-7-10-13-16-19-22-25-28-30-32-34-36-37-39-41-43-45-48-51-54-57-60-63-66-73(77)82-71(64-61-58-55-52-49-46-27-24-21-18-15-12-9-3)70(69-81-83(78,79)80-68-67-75(4,5)6)74-72(76)65-62-59-56-53-50-47-44-42-40-38-35-33-31-29-26-23-20-17-14-11-8-2/h19,22,28,30,34,36,61,64,70-71H,7-18,20-21,23-27,29,31-33,35,37-60,62-63,65-69H2,1-6H3,(H-,74,76,78,79)/b22-19-,30-28-,36-34-,64-61+. The number of likely N-dealkylation sites (N-methyl/N-ethyl adjacent to an activating group) is 1. The molecule has 1 N–H and O–H groups in total. The fraction of sp³-hybridized carbons (Fsp3) is 0.863. The summed E-state index contributed by atoms with van der Waals surface area (Å²) in [4.78, 5) is 40.2. The molecule has 3 unspecified atom stereocenters. The Kier molecular flexibility index (Phi) is 61.5. The topological polar surface area (TPSA) is 114 Å². The number of amides is 1. The normalized spacial score (nSPS) is 13.8. The average Bonchev–Trinajstić information content (AvgIpc) is 3.47. The van der Waals surface area contributed by atoms with Crippen LogP contribution < -0.4 is 10.2 Å². The Labute approximate surface area is 516 Å². The predicted octanol–water partition coefficient (Wildman–Crippen LogP) is 22.2. The molecule has 83 heavy (non-hydrogen) atoms. The first kappa shape index (κ1) is 81.0. The lowest BCUT2D eigenvalue weighted by molar-refractivity contribution is -0.870. The van der Waals surface area contributed by atoms with E-state index >= 15 is 0 Å². The summed E-state index contributed by atoms with van der Waals surface area (Å²) in [6.45, 7) is 6.87. The molecule has 0 saturated carbocycles. The van der Waals surface area contributed by atoms with Gasteiger partial charge in [0.1, 0.15) is 19.3 Å². The van der Waals surface area contributed by atoms with Crippen molar-refractivity contribution in [2.75, 3.05) is 40.9 Å². The van der Waals surface area contributed by atoms with E-state index in [9.17, 15) is 19.0 Å². The highest BCUT2D eigenvalue weighted by Crippen LogP contribution is 2.38. The second-order valence-corrected chi connectivity index (χ2v) is 27.2. The fourth-order valence-corrected chi connectivity index (χ4v) is 11.4. The van der Waals surface area contributed by atoms with Crippen molar-refractivity contribution in [3.63, 3.8) is 0 Å². The molecule has 0 aliphatic rings. The van der Waals surface area contributed by atoms with Gasteiger partial charge in [-0.2, -0.15) is 0 Å². The number of carbonyl (C=O) groups is 2. The van der Waals surface area contributed by atoms with Crippen LogP contribution in [0.4, 0.5) is 0 Å². The van der Waals surface area contributed by atoms with Crippen molar-refractivity contribution in [1.82, 2.24) is 5.32 Å². The number of hydrogen-bond donors (Lipinski definition) is 1. The molecule has 0 heterocycles. The summed E-state index contributed by atoms with van der Waals surface area (Å²) >= 11 is 0. The van der Waals surface area contributed by atoms with Gasteiger partial charge >= 0.3 is 5.97 Å². The minimum Gasteiger partial charge on any atom is -0.756 e. The number of quaternary nitrogens is 1. The number of esters is 1. The van der Waals surface area contributed by atoms with Crippen molar-refractivity contribution >= 4 is 19.7 Å². The lowest BCUT2D eigenvalue weighted by atomic mass is 10.0. The van der Waals surface area contributed by atoms with Crippen LogP contribution in [0.3, 0.4) is 0 Å². The van der Waals surface area contributed by atoms with Gasteiger partial charge in [-0.05, 0) is 70.3 Å². The maximum Gasteiger partial charge on any atom is 0.306 e. The first-order valence-electron chi connectivity index (χ1n) is 35.9. The lowest BCUT2D eigenvalue weighted by Crippen LogP contribution is -2.47. The zero-order chi connectivity index (χ0) is 60.7. The molecule has 9 nitrogen and oxygen atoms in total. The van der Waals surface area contributed by atoms with E-state index in [1.54, 1.807) is 0 Å². The molecular formula is C73H139N2O7P. The third-order valence-corrected chi connectivity index (χ3v) is 17.2. The van der Waals surface area contributed by atoms with E-state index < -0.39 is 20.0 Å². The number of hydrogen-bond acceptors (Lipinski definition) is 7. The highest BCUT2D eigenvalue weighted by Gasteiger charge is 2.27. The van der Waals surface area contributed by atoms with Gasteiger partial charge < -0.3 is 28.5 Å². The van der Waals surface area contributed by atoms with Gasteiger partial charge in [-0.1, -0.05) is 320 Å². The lowest BCUT2D eigenvalue weighted by Gasteiger charge is -2.30. The largest absolute Gasteiger partial charge is 0.756 e. The number of nitrogens with zero attached hydrogens (tertiary/aromatic N) is 1. The summed E-state index contributed by atoms with van der Waals surface area (Å²) in [7, 11) is 1.20. The third kappa shape index (κ3) is 64.3. The van der Waals surface area contributed by atoms with Crippen molar-refractivity contribution in [3.8, 4) is 0 Å². The van der Waals surface area contributed by atoms with Crippen LogP contribution in [0.15, 0.2) is 48.6 Å². The first-order chi connectivity index (χ1) is 40.4. The van der Waals surface area contributed by atoms with Gasteiger partial charge in [-0.3, -0.25) is 14.2 Å². The monoisotopic (exact) mass is 1190 g/mol. The molecule has 1 amide bonds. The highest BCUT2D eigenvalue weighted by atomic mass is 31.2. The molecule has 0 aliphatic heterocycles. The molecule has 0 aliphatic carbocycles. The van der Waals surface area contributed by atoms with Crippen LogP contribution in [0, 0.1) is 0 Å². The molecule has 0 aromatic carbocycles. The molecule has 0 aromatic rings. The minimum absolute atomic E-state index is 0.0210. The Morgan fingerprint density at radius 3 is 1.12 bits per heavy atom. The molecule has 0 rings (SSSR count). The first-order valence-corrected chi connectivity index (χ1v) is 37.4.